The highest BCUT2D eigenvalue weighted by molar-refractivity contribution is 7.89. The molecule has 1 saturated heterocycles. The fourth-order valence-corrected chi connectivity index (χ4v) is 4.48. The van der Waals surface area contributed by atoms with E-state index in [9.17, 15) is 26.4 Å². The molecule has 1 unspecified atom stereocenters. The second kappa shape index (κ2) is 6.24. The summed E-state index contributed by atoms with van der Waals surface area (Å²) in [6.07, 6.45) is -4.43. The number of nitrogens with zero attached hydrogens (tertiary/aromatic N) is 1. The molecule has 1 aliphatic rings. The zero-order valence-corrected chi connectivity index (χ0v) is 13.6. The molecule has 8 heteroatoms. The van der Waals surface area contributed by atoms with Crippen LogP contribution in [0.3, 0.4) is 0 Å². The number of rotatable bonds is 3. The number of benzene rings is 1. The van der Waals surface area contributed by atoms with Crippen LogP contribution in [-0.4, -0.2) is 31.1 Å². The van der Waals surface area contributed by atoms with Crippen molar-refractivity contribution in [2.75, 3.05) is 6.54 Å². The number of ketones is 1. The molecule has 1 atom stereocenters. The van der Waals surface area contributed by atoms with Gasteiger partial charge in [0.25, 0.3) is 0 Å². The van der Waals surface area contributed by atoms with Gasteiger partial charge >= 0.3 is 6.18 Å². The number of Topliss-reactive ketones (excluding diaryl/α,β-unsaturated/α-hetero) is 1. The molecule has 1 aromatic carbocycles. The van der Waals surface area contributed by atoms with E-state index in [1.807, 2.05) is 0 Å². The number of hydrogen-bond acceptors (Lipinski definition) is 3. The summed E-state index contributed by atoms with van der Waals surface area (Å²) >= 11 is 0. The van der Waals surface area contributed by atoms with Gasteiger partial charge in [-0.3, -0.25) is 4.79 Å². The predicted molar refractivity (Wildman–Crippen MR) is 78.2 cm³/mol. The highest BCUT2D eigenvalue weighted by atomic mass is 32.2. The normalized spacial score (nSPS) is 21.0. The van der Waals surface area contributed by atoms with Crippen LogP contribution in [0, 0.1) is 5.92 Å². The molecular formula is C15H18F3NO3S. The van der Waals surface area contributed by atoms with Gasteiger partial charge in [0.2, 0.25) is 10.0 Å². The van der Waals surface area contributed by atoms with Gasteiger partial charge < -0.3 is 0 Å². The first-order chi connectivity index (χ1) is 10.5. The summed E-state index contributed by atoms with van der Waals surface area (Å²) in [5.74, 6) is -0.140. The van der Waals surface area contributed by atoms with Gasteiger partial charge in [-0.2, -0.15) is 17.5 Å². The minimum atomic E-state index is -4.61. The summed E-state index contributed by atoms with van der Waals surface area (Å²) in [5, 5.41) is 0. The molecule has 4 nitrogen and oxygen atoms in total. The van der Waals surface area contributed by atoms with Gasteiger partial charge in [-0.25, -0.2) is 8.42 Å². The van der Waals surface area contributed by atoms with Gasteiger partial charge in [-0.1, -0.05) is 19.9 Å². The Balaban J connectivity index is 2.43. The van der Waals surface area contributed by atoms with E-state index < -0.39 is 32.7 Å². The highest BCUT2D eigenvalue weighted by Crippen LogP contribution is 2.33. The zero-order chi connectivity index (χ0) is 17.4. The van der Waals surface area contributed by atoms with Crippen LogP contribution in [0.25, 0.3) is 0 Å². The third kappa shape index (κ3) is 3.74. The molecule has 0 bridgehead atoms. The minimum absolute atomic E-state index is 0.000257. The predicted octanol–water partition coefficient (Wildman–Crippen LogP) is 3.08. The highest BCUT2D eigenvalue weighted by Gasteiger charge is 2.39. The summed E-state index contributed by atoms with van der Waals surface area (Å²) in [5.41, 5.74) is -1.01. The Hall–Kier alpha value is -1.41. The Morgan fingerprint density at radius 1 is 1.26 bits per heavy atom. The lowest BCUT2D eigenvalue weighted by Gasteiger charge is -2.36. The van der Waals surface area contributed by atoms with Gasteiger partial charge in [0, 0.05) is 25.4 Å². The number of hydrogen-bond donors (Lipinski definition) is 0. The zero-order valence-electron chi connectivity index (χ0n) is 12.8. The standard InChI is InChI=1S/C15H18F3NO3S/c1-10(2)14-9-12(20)6-7-19(14)23(21,22)13-5-3-4-11(8-13)15(16,17)18/h3-5,8,10,14H,6-7,9H2,1-2H3. The number of piperidine rings is 1. The first-order valence-corrected chi connectivity index (χ1v) is 8.68. The van der Waals surface area contributed by atoms with Gasteiger partial charge in [0.15, 0.2) is 0 Å². The fraction of sp³-hybridized carbons (Fsp3) is 0.533. The van der Waals surface area contributed by atoms with Crippen molar-refractivity contribution < 1.29 is 26.4 Å². The lowest BCUT2D eigenvalue weighted by atomic mass is 9.94. The van der Waals surface area contributed by atoms with Crippen molar-refractivity contribution in [3.8, 4) is 0 Å². The maximum Gasteiger partial charge on any atom is 0.416 e. The third-order valence-corrected chi connectivity index (χ3v) is 5.88. The van der Waals surface area contributed by atoms with Crippen molar-refractivity contribution in [2.24, 2.45) is 5.92 Å². The monoisotopic (exact) mass is 349 g/mol. The largest absolute Gasteiger partial charge is 0.416 e. The first kappa shape index (κ1) is 17.9. The van der Waals surface area contributed by atoms with Gasteiger partial charge in [0.05, 0.1) is 10.5 Å². The molecule has 0 aromatic heterocycles. The summed E-state index contributed by atoms with van der Waals surface area (Å²) in [6, 6.07) is 3.17. The quantitative estimate of drug-likeness (QED) is 0.843. The molecule has 0 N–H and O–H groups in total. The van der Waals surface area contributed by atoms with E-state index in [1.54, 1.807) is 13.8 Å². The molecule has 2 rings (SSSR count). The molecule has 128 valence electrons. The van der Waals surface area contributed by atoms with Crippen molar-refractivity contribution in [1.29, 1.82) is 0 Å². The summed E-state index contributed by atoms with van der Waals surface area (Å²) < 4.78 is 65.0. The van der Waals surface area contributed by atoms with Gasteiger partial charge in [0.1, 0.15) is 5.78 Å². The van der Waals surface area contributed by atoms with E-state index in [-0.39, 0.29) is 31.1 Å². The molecule has 1 aromatic rings. The minimum Gasteiger partial charge on any atom is -0.300 e. The molecule has 1 aliphatic heterocycles. The third-order valence-electron chi connectivity index (χ3n) is 3.96. The van der Waals surface area contributed by atoms with Crippen molar-refractivity contribution in [3.05, 3.63) is 29.8 Å². The Labute approximate surface area is 133 Å². The van der Waals surface area contributed by atoms with Crippen molar-refractivity contribution in [2.45, 2.75) is 43.8 Å². The Bertz CT molecular complexity index is 698. The van der Waals surface area contributed by atoms with Crippen LogP contribution in [0.1, 0.15) is 32.3 Å². The van der Waals surface area contributed by atoms with E-state index in [0.29, 0.717) is 6.07 Å². The van der Waals surface area contributed by atoms with Crippen LogP contribution < -0.4 is 0 Å². The second-order valence-electron chi connectivity index (χ2n) is 5.95. The van der Waals surface area contributed by atoms with Crippen LogP contribution in [0.5, 0.6) is 0 Å². The number of carbonyl (C=O) groups excluding carboxylic acids is 1. The number of carbonyl (C=O) groups is 1. The maximum absolute atomic E-state index is 12.8. The molecule has 0 spiro atoms. The number of halogens is 3. The Morgan fingerprint density at radius 2 is 1.91 bits per heavy atom. The molecular weight excluding hydrogens is 331 g/mol. The van der Waals surface area contributed by atoms with Crippen molar-refractivity contribution in [3.63, 3.8) is 0 Å². The fourth-order valence-electron chi connectivity index (χ4n) is 2.67. The van der Waals surface area contributed by atoms with Crippen LogP contribution in [0.15, 0.2) is 29.2 Å². The molecule has 0 saturated carbocycles. The van der Waals surface area contributed by atoms with Crippen molar-refractivity contribution >= 4 is 15.8 Å². The van der Waals surface area contributed by atoms with Crippen LogP contribution >= 0.6 is 0 Å². The van der Waals surface area contributed by atoms with E-state index in [0.717, 1.165) is 22.5 Å². The smallest absolute Gasteiger partial charge is 0.300 e. The van der Waals surface area contributed by atoms with E-state index >= 15 is 0 Å². The van der Waals surface area contributed by atoms with Gasteiger partial charge in [-0.05, 0) is 24.1 Å². The van der Waals surface area contributed by atoms with E-state index in [1.165, 1.54) is 0 Å². The molecule has 0 radical (unpaired) electrons. The van der Waals surface area contributed by atoms with E-state index in [2.05, 4.69) is 0 Å². The Morgan fingerprint density at radius 3 is 2.48 bits per heavy atom. The first-order valence-electron chi connectivity index (χ1n) is 7.24. The number of alkyl halides is 3. The van der Waals surface area contributed by atoms with E-state index in [4.69, 9.17) is 0 Å². The molecule has 1 heterocycles. The maximum atomic E-state index is 12.8. The lowest BCUT2D eigenvalue weighted by molar-refractivity contribution is -0.137. The topological polar surface area (TPSA) is 54.5 Å². The summed E-state index contributed by atoms with van der Waals surface area (Å²) in [7, 11) is -4.08. The second-order valence-corrected chi connectivity index (χ2v) is 7.84. The summed E-state index contributed by atoms with van der Waals surface area (Å²) in [6.45, 7) is 3.58. The SMILES string of the molecule is CC(C)C1CC(=O)CCN1S(=O)(=O)c1cccc(C(F)(F)F)c1. The van der Waals surface area contributed by atoms with Crippen LogP contribution in [-0.2, 0) is 21.0 Å². The summed E-state index contributed by atoms with van der Waals surface area (Å²) in [4.78, 5) is 11.2. The van der Waals surface area contributed by atoms with Gasteiger partial charge in [-0.15, -0.1) is 0 Å². The molecule has 0 amide bonds. The molecule has 23 heavy (non-hydrogen) atoms. The Kier molecular flexibility index (Phi) is 4.86. The molecule has 1 fully saturated rings. The lowest BCUT2D eigenvalue weighted by Crippen LogP contribution is -2.48. The molecule has 0 aliphatic carbocycles. The van der Waals surface area contributed by atoms with Crippen LogP contribution in [0.2, 0.25) is 0 Å². The number of sulfonamides is 1. The average Bonchev–Trinajstić information content (AvgIpc) is 2.46. The van der Waals surface area contributed by atoms with Crippen LogP contribution in [0.4, 0.5) is 13.2 Å². The average molecular weight is 349 g/mol. The van der Waals surface area contributed by atoms with Crippen molar-refractivity contribution in [1.82, 2.24) is 4.31 Å².